The Morgan fingerprint density at radius 2 is 1.76 bits per heavy atom. The highest BCUT2D eigenvalue weighted by Crippen LogP contribution is 2.24. The van der Waals surface area contributed by atoms with Gasteiger partial charge >= 0.3 is 11.1 Å². The summed E-state index contributed by atoms with van der Waals surface area (Å²) in [7, 11) is 0. The minimum absolute atomic E-state index is 0.631. The molecule has 3 aromatic rings. The largest absolute Gasteiger partial charge is 0.322 e. The van der Waals surface area contributed by atoms with Crippen LogP contribution in [-0.4, -0.2) is 9.97 Å². The van der Waals surface area contributed by atoms with Gasteiger partial charge in [-0.2, -0.15) is 0 Å². The van der Waals surface area contributed by atoms with Crippen LogP contribution in [-0.2, 0) is 5.75 Å². The Labute approximate surface area is 129 Å². The van der Waals surface area contributed by atoms with E-state index in [9.17, 15) is 9.59 Å². The number of H-pyrrole nitrogens is 2. The molecule has 0 radical (unpaired) electrons. The summed E-state index contributed by atoms with van der Waals surface area (Å²) in [4.78, 5) is 27.2. The molecule has 0 atom stereocenters. The third-order valence-corrected chi connectivity index (χ3v) is 4.28. The molecule has 3 rings (SSSR count). The number of thioether (sulfide) groups is 1. The molecule has 1 heterocycles. The van der Waals surface area contributed by atoms with E-state index in [1.165, 1.54) is 18.0 Å². The number of aromatic nitrogens is 2. The number of nitrogens with one attached hydrogen (secondary N) is 2. The third kappa shape index (κ3) is 3.20. The van der Waals surface area contributed by atoms with Crippen LogP contribution in [0.5, 0.6) is 0 Å². The first-order valence-electron chi connectivity index (χ1n) is 6.25. The fourth-order valence-electron chi connectivity index (χ4n) is 2.00. The molecule has 0 fully saturated rings. The third-order valence-electron chi connectivity index (χ3n) is 3.04. The Balaban J connectivity index is 1.81. The van der Waals surface area contributed by atoms with Crippen molar-refractivity contribution >= 4 is 34.1 Å². The van der Waals surface area contributed by atoms with Crippen LogP contribution < -0.4 is 11.1 Å². The number of hydrogen-bond donors (Lipinski definition) is 2. The molecular weight excluding hydrogens is 308 g/mol. The summed E-state index contributed by atoms with van der Waals surface area (Å²) < 4.78 is 0. The van der Waals surface area contributed by atoms with E-state index in [1.54, 1.807) is 0 Å². The van der Waals surface area contributed by atoms with Crippen molar-refractivity contribution in [1.82, 2.24) is 9.97 Å². The van der Waals surface area contributed by atoms with Gasteiger partial charge in [-0.1, -0.05) is 35.9 Å². The molecule has 2 N–H and O–H groups in total. The van der Waals surface area contributed by atoms with Crippen molar-refractivity contribution in [3.8, 4) is 0 Å². The quantitative estimate of drug-likeness (QED) is 0.576. The monoisotopic (exact) mass is 318 g/mol. The molecule has 0 aliphatic carbocycles. The second kappa shape index (κ2) is 5.79. The lowest BCUT2D eigenvalue weighted by atomic mass is 10.1. The number of hydrogen-bond acceptors (Lipinski definition) is 3. The predicted octanol–water partition coefficient (Wildman–Crippen LogP) is 3.16. The van der Waals surface area contributed by atoms with Gasteiger partial charge in [0, 0.05) is 17.0 Å². The fourth-order valence-corrected chi connectivity index (χ4v) is 2.99. The Kier molecular flexibility index (Phi) is 3.86. The van der Waals surface area contributed by atoms with Crippen LogP contribution in [0.3, 0.4) is 0 Å². The molecule has 0 saturated heterocycles. The minimum Gasteiger partial charge on any atom is -0.322 e. The van der Waals surface area contributed by atoms with Gasteiger partial charge in [0.1, 0.15) is 0 Å². The lowest BCUT2D eigenvalue weighted by molar-refractivity contribution is 0.971. The maximum absolute atomic E-state index is 11.2. The Bertz CT molecular complexity index is 917. The van der Waals surface area contributed by atoms with E-state index >= 15 is 0 Å². The van der Waals surface area contributed by atoms with E-state index in [2.05, 4.69) is 16.0 Å². The molecule has 0 saturated carbocycles. The Morgan fingerprint density at radius 3 is 2.57 bits per heavy atom. The van der Waals surface area contributed by atoms with Crippen molar-refractivity contribution in [1.29, 1.82) is 0 Å². The maximum atomic E-state index is 11.2. The van der Waals surface area contributed by atoms with Gasteiger partial charge < -0.3 is 9.97 Å². The molecule has 0 aliphatic rings. The normalized spacial score (nSPS) is 10.9. The highest BCUT2D eigenvalue weighted by atomic mass is 35.5. The van der Waals surface area contributed by atoms with E-state index in [-0.39, 0.29) is 0 Å². The molecule has 0 amide bonds. The molecule has 6 heteroatoms. The van der Waals surface area contributed by atoms with Crippen LogP contribution >= 0.6 is 23.4 Å². The van der Waals surface area contributed by atoms with Gasteiger partial charge in [-0.05, 0) is 28.5 Å². The predicted molar refractivity (Wildman–Crippen MR) is 86.2 cm³/mol. The second-order valence-corrected chi connectivity index (χ2v) is 6.00. The van der Waals surface area contributed by atoms with Gasteiger partial charge in [-0.3, -0.25) is 9.59 Å². The van der Waals surface area contributed by atoms with Crippen molar-refractivity contribution in [2.45, 2.75) is 10.8 Å². The summed E-state index contributed by atoms with van der Waals surface area (Å²) in [6.45, 7) is 0. The van der Waals surface area contributed by atoms with Crippen LogP contribution in [0.15, 0.2) is 57.2 Å². The fraction of sp³-hybridized carbons (Fsp3) is 0.0667. The maximum Gasteiger partial charge on any atom is 0.314 e. The number of fused-ring (bicyclic) bond motifs is 1. The standard InChI is InChI=1S/C15H11ClN2O2S/c16-12-4-3-10-5-9(1-2-11(10)6-12)8-21-13-7-17-14(19)15(20)18-13/h1-7H,8H2,(H,17,19)(H,18,20). The molecule has 0 spiro atoms. The van der Waals surface area contributed by atoms with Gasteiger partial charge in [0.15, 0.2) is 0 Å². The molecule has 21 heavy (non-hydrogen) atoms. The van der Waals surface area contributed by atoms with E-state index in [0.717, 1.165) is 21.4 Å². The zero-order valence-electron chi connectivity index (χ0n) is 10.9. The number of halogens is 1. The van der Waals surface area contributed by atoms with Crippen molar-refractivity contribution < 1.29 is 0 Å². The molecule has 0 aliphatic heterocycles. The molecule has 1 aromatic heterocycles. The van der Waals surface area contributed by atoms with Crippen LogP contribution in [0.1, 0.15) is 5.56 Å². The average molecular weight is 319 g/mol. The number of rotatable bonds is 3. The van der Waals surface area contributed by atoms with Crippen molar-refractivity contribution in [3.05, 3.63) is 73.9 Å². The molecule has 2 aromatic carbocycles. The minimum atomic E-state index is -0.637. The zero-order valence-corrected chi connectivity index (χ0v) is 12.4. The molecule has 0 bridgehead atoms. The van der Waals surface area contributed by atoms with E-state index in [0.29, 0.717) is 10.8 Å². The molecule has 0 unspecified atom stereocenters. The average Bonchev–Trinajstić information content (AvgIpc) is 2.48. The Hall–Kier alpha value is -1.98. The number of benzene rings is 2. The van der Waals surface area contributed by atoms with Gasteiger partial charge in [-0.15, -0.1) is 11.8 Å². The first-order chi connectivity index (χ1) is 10.1. The molecule has 4 nitrogen and oxygen atoms in total. The van der Waals surface area contributed by atoms with Crippen LogP contribution in [0.25, 0.3) is 10.8 Å². The second-order valence-electron chi connectivity index (χ2n) is 4.55. The topological polar surface area (TPSA) is 65.7 Å². The van der Waals surface area contributed by atoms with Gasteiger partial charge in [-0.25, -0.2) is 0 Å². The lowest BCUT2D eigenvalue weighted by Crippen LogP contribution is -2.28. The van der Waals surface area contributed by atoms with Crippen LogP contribution in [0.4, 0.5) is 0 Å². The molecular formula is C15H11ClN2O2S. The van der Waals surface area contributed by atoms with Crippen LogP contribution in [0.2, 0.25) is 5.02 Å². The summed E-state index contributed by atoms with van der Waals surface area (Å²) >= 11 is 7.42. The number of aromatic amines is 2. The summed E-state index contributed by atoms with van der Waals surface area (Å²) in [6, 6.07) is 11.9. The lowest BCUT2D eigenvalue weighted by Gasteiger charge is -2.04. The summed E-state index contributed by atoms with van der Waals surface area (Å²) in [5.41, 5.74) is -0.142. The van der Waals surface area contributed by atoms with Gasteiger partial charge in [0.25, 0.3) is 0 Å². The van der Waals surface area contributed by atoms with E-state index in [1.807, 2.05) is 30.3 Å². The van der Waals surface area contributed by atoms with E-state index in [4.69, 9.17) is 11.6 Å². The van der Waals surface area contributed by atoms with Crippen molar-refractivity contribution in [2.75, 3.05) is 0 Å². The highest BCUT2D eigenvalue weighted by molar-refractivity contribution is 7.98. The smallest absolute Gasteiger partial charge is 0.314 e. The van der Waals surface area contributed by atoms with Gasteiger partial charge in [0.05, 0.1) is 5.03 Å². The summed E-state index contributed by atoms with van der Waals surface area (Å²) in [5.74, 6) is 0.695. The zero-order chi connectivity index (χ0) is 14.8. The summed E-state index contributed by atoms with van der Waals surface area (Å²) in [6.07, 6.45) is 1.51. The van der Waals surface area contributed by atoms with E-state index < -0.39 is 11.1 Å². The summed E-state index contributed by atoms with van der Waals surface area (Å²) in [5, 5.41) is 3.56. The molecule has 106 valence electrons. The SMILES string of the molecule is O=c1[nH]cc(SCc2ccc3cc(Cl)ccc3c2)[nH]c1=O. The van der Waals surface area contributed by atoms with Crippen LogP contribution in [0, 0.1) is 0 Å². The first kappa shape index (κ1) is 14.0. The van der Waals surface area contributed by atoms with Crippen molar-refractivity contribution in [2.24, 2.45) is 0 Å². The first-order valence-corrected chi connectivity index (χ1v) is 7.61. The van der Waals surface area contributed by atoms with Crippen molar-refractivity contribution in [3.63, 3.8) is 0 Å². The van der Waals surface area contributed by atoms with Gasteiger partial charge in [0.2, 0.25) is 0 Å². The highest BCUT2D eigenvalue weighted by Gasteiger charge is 2.01. The Morgan fingerprint density at radius 1 is 1.00 bits per heavy atom.